The molecule has 3 aromatic rings. The summed E-state index contributed by atoms with van der Waals surface area (Å²) >= 11 is 0. The van der Waals surface area contributed by atoms with Gasteiger partial charge >= 0.3 is 0 Å². The second-order valence-electron chi connectivity index (χ2n) is 4.51. The lowest BCUT2D eigenvalue weighted by atomic mass is 10.2. The summed E-state index contributed by atoms with van der Waals surface area (Å²) in [5.41, 5.74) is 5.33. The Bertz CT molecular complexity index is 813. The molecule has 2 N–H and O–H groups in total. The molecule has 2 aromatic heterocycles. The molecule has 0 fully saturated rings. The Hall–Kier alpha value is -2.73. The van der Waals surface area contributed by atoms with Gasteiger partial charge in [-0.15, -0.1) is 12.4 Å². The Morgan fingerprint density at radius 2 is 2.18 bits per heavy atom. The maximum Gasteiger partial charge on any atom is 0.271 e. The van der Waals surface area contributed by atoms with Gasteiger partial charge in [0.25, 0.3) is 5.91 Å². The van der Waals surface area contributed by atoms with Crippen LogP contribution < -0.4 is 5.43 Å². The van der Waals surface area contributed by atoms with Crippen LogP contribution in [0.3, 0.4) is 0 Å². The van der Waals surface area contributed by atoms with E-state index in [-0.39, 0.29) is 18.3 Å². The molecule has 3 rings (SSSR count). The molecule has 112 valence electrons. The van der Waals surface area contributed by atoms with Crippen molar-refractivity contribution < 1.29 is 4.79 Å². The van der Waals surface area contributed by atoms with Crippen LogP contribution in [-0.4, -0.2) is 27.1 Å². The minimum Gasteiger partial charge on any atom is -0.342 e. The predicted octanol–water partition coefficient (Wildman–Crippen LogP) is 2.45. The molecule has 0 spiro atoms. The zero-order chi connectivity index (χ0) is 14.7. The molecule has 0 atom stereocenters. The molecule has 0 unspecified atom stereocenters. The van der Waals surface area contributed by atoms with E-state index in [1.165, 1.54) is 6.21 Å². The maximum absolute atomic E-state index is 12.0. The van der Waals surface area contributed by atoms with Gasteiger partial charge in [0, 0.05) is 11.8 Å². The Balaban J connectivity index is 0.00000176. The van der Waals surface area contributed by atoms with E-state index in [1.807, 2.05) is 19.1 Å². The molecule has 0 saturated heterocycles. The number of aryl methyl sites for hydroxylation is 1. The number of nitrogens with one attached hydrogen (secondary N) is 2. The molecule has 7 heteroatoms. The summed E-state index contributed by atoms with van der Waals surface area (Å²) in [6.45, 7) is 1.87. The highest BCUT2D eigenvalue weighted by Crippen LogP contribution is 2.13. The highest BCUT2D eigenvalue weighted by molar-refractivity contribution is 5.97. The molecular weight excluding hydrogens is 302 g/mol. The molecule has 22 heavy (non-hydrogen) atoms. The second-order valence-corrected chi connectivity index (χ2v) is 4.51. The number of benzene rings is 1. The Morgan fingerprint density at radius 3 is 2.95 bits per heavy atom. The van der Waals surface area contributed by atoms with Gasteiger partial charge < -0.3 is 4.98 Å². The number of hydrazone groups is 1. The first kappa shape index (κ1) is 15.7. The maximum atomic E-state index is 12.0. The smallest absolute Gasteiger partial charge is 0.271 e. The van der Waals surface area contributed by atoms with Crippen LogP contribution in [0.1, 0.15) is 21.9 Å². The number of aromatic nitrogens is 3. The molecule has 0 bridgehead atoms. The number of nitrogens with zero attached hydrogens (tertiary/aromatic N) is 3. The zero-order valence-corrected chi connectivity index (χ0v) is 12.6. The quantitative estimate of drug-likeness (QED) is 0.575. The third-order valence-electron chi connectivity index (χ3n) is 2.91. The van der Waals surface area contributed by atoms with Crippen molar-refractivity contribution in [1.29, 1.82) is 0 Å². The number of aromatic amines is 1. The predicted molar refractivity (Wildman–Crippen MR) is 87.4 cm³/mol. The van der Waals surface area contributed by atoms with Gasteiger partial charge in [-0.2, -0.15) is 5.10 Å². The van der Waals surface area contributed by atoms with E-state index < -0.39 is 0 Å². The number of rotatable bonds is 3. The van der Waals surface area contributed by atoms with Gasteiger partial charge in [-0.25, -0.2) is 10.4 Å². The highest BCUT2D eigenvalue weighted by Gasteiger charge is 2.07. The van der Waals surface area contributed by atoms with Crippen LogP contribution in [0.25, 0.3) is 11.0 Å². The van der Waals surface area contributed by atoms with Crippen LogP contribution in [0.2, 0.25) is 0 Å². The van der Waals surface area contributed by atoms with Crippen molar-refractivity contribution in [2.45, 2.75) is 6.92 Å². The van der Waals surface area contributed by atoms with Crippen LogP contribution >= 0.6 is 12.4 Å². The fraction of sp³-hybridized carbons (Fsp3) is 0.0667. The molecule has 0 saturated carbocycles. The molecule has 2 heterocycles. The van der Waals surface area contributed by atoms with Crippen molar-refractivity contribution in [3.63, 3.8) is 0 Å². The first-order valence-corrected chi connectivity index (χ1v) is 6.43. The van der Waals surface area contributed by atoms with Gasteiger partial charge in [0.2, 0.25) is 0 Å². The van der Waals surface area contributed by atoms with Crippen LogP contribution in [0.5, 0.6) is 0 Å². The van der Waals surface area contributed by atoms with Crippen LogP contribution in [0, 0.1) is 6.92 Å². The van der Waals surface area contributed by atoms with Crippen LogP contribution in [-0.2, 0) is 0 Å². The summed E-state index contributed by atoms with van der Waals surface area (Å²) in [7, 11) is 0. The van der Waals surface area contributed by atoms with Crippen molar-refractivity contribution in [1.82, 2.24) is 20.4 Å². The summed E-state index contributed by atoms with van der Waals surface area (Å²) in [5.74, 6) is 0.534. The number of H-pyrrole nitrogens is 1. The number of pyridine rings is 1. The van der Waals surface area contributed by atoms with Crippen molar-refractivity contribution >= 4 is 35.6 Å². The van der Waals surface area contributed by atoms with Gasteiger partial charge in [-0.3, -0.25) is 9.78 Å². The minimum atomic E-state index is -0.281. The lowest BCUT2D eigenvalue weighted by molar-refractivity contribution is 0.0955. The number of imidazole rings is 1. The number of carbonyl (C=O) groups excluding carboxylic acids is 1. The molecule has 1 amide bonds. The fourth-order valence-electron chi connectivity index (χ4n) is 1.95. The molecule has 1 aromatic carbocycles. The van der Waals surface area contributed by atoms with Gasteiger partial charge in [0.05, 0.1) is 22.9 Å². The van der Waals surface area contributed by atoms with Gasteiger partial charge in [0.15, 0.2) is 0 Å². The number of hydrogen-bond donors (Lipinski definition) is 2. The first-order valence-electron chi connectivity index (χ1n) is 6.43. The fourth-order valence-corrected chi connectivity index (χ4v) is 1.95. The highest BCUT2D eigenvalue weighted by atomic mass is 35.5. The summed E-state index contributed by atoms with van der Waals surface area (Å²) in [6, 6.07) is 10.7. The van der Waals surface area contributed by atoms with Gasteiger partial charge in [-0.1, -0.05) is 6.07 Å². The summed E-state index contributed by atoms with van der Waals surface area (Å²) in [5, 5.41) is 3.89. The van der Waals surface area contributed by atoms with E-state index in [0.717, 1.165) is 16.9 Å². The standard InChI is InChI=1S/C15H13N5O.ClH/c1-10-18-13-6-5-11(8-14(13)19-10)15(21)20-17-9-12-4-2-3-7-16-12;/h2-9H,1H3,(H,18,19)(H,20,21);1H. The average Bonchev–Trinajstić information content (AvgIpc) is 2.87. The van der Waals surface area contributed by atoms with Crippen molar-refractivity contribution in [2.24, 2.45) is 5.10 Å². The molecule has 0 aliphatic rings. The summed E-state index contributed by atoms with van der Waals surface area (Å²) in [6.07, 6.45) is 3.16. The summed E-state index contributed by atoms with van der Waals surface area (Å²) in [4.78, 5) is 23.5. The third-order valence-corrected chi connectivity index (χ3v) is 2.91. The molecule has 6 nitrogen and oxygen atoms in total. The molecule has 0 aliphatic carbocycles. The number of carbonyl (C=O) groups is 1. The number of hydrogen-bond acceptors (Lipinski definition) is 4. The summed E-state index contributed by atoms with van der Waals surface area (Å²) < 4.78 is 0. The van der Waals surface area contributed by atoms with E-state index in [0.29, 0.717) is 11.3 Å². The number of halogens is 1. The SMILES string of the molecule is Cc1nc2ccc(C(=O)NN=Cc3ccccn3)cc2[nH]1.Cl. The van der Waals surface area contributed by atoms with Gasteiger partial charge in [0.1, 0.15) is 5.82 Å². The molecule has 0 radical (unpaired) electrons. The van der Waals surface area contributed by atoms with Gasteiger partial charge in [-0.05, 0) is 37.3 Å². The lowest BCUT2D eigenvalue weighted by Gasteiger charge is -1.99. The minimum absolute atomic E-state index is 0. The number of fused-ring (bicyclic) bond motifs is 1. The van der Waals surface area contributed by atoms with Crippen molar-refractivity contribution in [2.75, 3.05) is 0 Å². The van der Waals surface area contributed by atoms with Crippen LogP contribution in [0.4, 0.5) is 0 Å². The monoisotopic (exact) mass is 315 g/mol. The van der Waals surface area contributed by atoms with E-state index in [1.54, 1.807) is 30.5 Å². The Morgan fingerprint density at radius 1 is 1.32 bits per heavy atom. The Labute approximate surface area is 133 Å². The van der Waals surface area contributed by atoms with Crippen molar-refractivity contribution in [3.8, 4) is 0 Å². The van der Waals surface area contributed by atoms with E-state index in [9.17, 15) is 4.79 Å². The molecule has 0 aliphatic heterocycles. The second kappa shape index (κ2) is 6.82. The normalized spacial score (nSPS) is 10.6. The number of amides is 1. The first-order chi connectivity index (χ1) is 10.2. The Kier molecular flexibility index (Phi) is 4.85. The van der Waals surface area contributed by atoms with Crippen molar-refractivity contribution in [3.05, 3.63) is 59.7 Å². The van der Waals surface area contributed by atoms with E-state index in [4.69, 9.17) is 0 Å². The lowest BCUT2D eigenvalue weighted by Crippen LogP contribution is -2.17. The third kappa shape index (κ3) is 3.48. The van der Waals surface area contributed by atoms with E-state index >= 15 is 0 Å². The topological polar surface area (TPSA) is 83.0 Å². The van der Waals surface area contributed by atoms with E-state index in [2.05, 4.69) is 25.5 Å². The zero-order valence-electron chi connectivity index (χ0n) is 11.8. The largest absolute Gasteiger partial charge is 0.342 e. The molecular formula is C15H14ClN5O. The van der Waals surface area contributed by atoms with Crippen LogP contribution in [0.15, 0.2) is 47.7 Å². The average molecular weight is 316 g/mol.